The van der Waals surface area contributed by atoms with Gasteiger partial charge in [0.1, 0.15) is 11.4 Å². The maximum atomic E-state index is 11.9. The molecule has 1 fully saturated rings. The lowest BCUT2D eigenvalue weighted by Crippen LogP contribution is -2.50. The van der Waals surface area contributed by atoms with E-state index in [4.69, 9.17) is 10.5 Å². The number of benzene rings is 1. The SMILES string of the molecule is NCCNc1c(N2CCOC(Cc3ccccc3)C2)c(=O)c1=O. The molecule has 1 atom stereocenters. The highest BCUT2D eigenvalue weighted by molar-refractivity contribution is 5.75. The molecule has 3 N–H and O–H groups in total. The minimum atomic E-state index is -0.445. The van der Waals surface area contributed by atoms with E-state index in [-0.39, 0.29) is 6.10 Å². The first-order valence-electron chi connectivity index (χ1n) is 7.88. The van der Waals surface area contributed by atoms with Crippen LogP contribution in [0.4, 0.5) is 11.4 Å². The van der Waals surface area contributed by atoms with E-state index in [1.54, 1.807) is 0 Å². The van der Waals surface area contributed by atoms with Crippen molar-refractivity contribution in [2.45, 2.75) is 12.5 Å². The second kappa shape index (κ2) is 6.93. The van der Waals surface area contributed by atoms with Gasteiger partial charge in [0.2, 0.25) is 0 Å². The van der Waals surface area contributed by atoms with Crippen molar-refractivity contribution in [1.29, 1.82) is 0 Å². The summed E-state index contributed by atoms with van der Waals surface area (Å²) in [5.74, 6) is 0. The fourth-order valence-corrected chi connectivity index (χ4v) is 2.97. The molecule has 1 aliphatic heterocycles. The van der Waals surface area contributed by atoms with Crippen molar-refractivity contribution in [3.8, 4) is 0 Å². The Balaban J connectivity index is 1.70. The molecule has 1 unspecified atom stereocenters. The van der Waals surface area contributed by atoms with Crippen LogP contribution in [0.2, 0.25) is 0 Å². The Morgan fingerprint density at radius 3 is 2.74 bits per heavy atom. The zero-order valence-corrected chi connectivity index (χ0v) is 13.0. The average molecular weight is 315 g/mol. The fourth-order valence-electron chi connectivity index (χ4n) is 2.97. The molecule has 2 aromatic carbocycles. The number of hydrogen-bond acceptors (Lipinski definition) is 6. The van der Waals surface area contributed by atoms with Gasteiger partial charge in [0.15, 0.2) is 0 Å². The molecule has 2 aromatic rings. The number of rotatable bonds is 6. The zero-order valence-electron chi connectivity index (χ0n) is 13.0. The minimum absolute atomic E-state index is 0.0120. The first-order valence-corrected chi connectivity index (χ1v) is 7.88. The van der Waals surface area contributed by atoms with Crippen molar-refractivity contribution in [3.05, 3.63) is 56.3 Å². The van der Waals surface area contributed by atoms with E-state index in [9.17, 15) is 9.59 Å². The molecule has 0 radical (unpaired) electrons. The van der Waals surface area contributed by atoms with Gasteiger partial charge in [0.05, 0.1) is 12.7 Å². The largest absolute Gasteiger partial charge is 0.379 e. The van der Waals surface area contributed by atoms with Crippen LogP contribution in [0.5, 0.6) is 0 Å². The molecule has 0 saturated carbocycles. The summed E-state index contributed by atoms with van der Waals surface area (Å²) in [5.41, 5.74) is 6.69. The van der Waals surface area contributed by atoms with Crippen LogP contribution in [0.3, 0.4) is 0 Å². The quantitative estimate of drug-likeness (QED) is 0.736. The maximum Gasteiger partial charge on any atom is 0.253 e. The van der Waals surface area contributed by atoms with Crippen molar-refractivity contribution < 1.29 is 4.74 Å². The predicted molar refractivity (Wildman–Crippen MR) is 91.0 cm³/mol. The molecule has 3 rings (SSSR count). The van der Waals surface area contributed by atoms with E-state index in [0.717, 1.165) is 6.42 Å². The van der Waals surface area contributed by atoms with Crippen LogP contribution in [-0.4, -0.2) is 38.9 Å². The summed E-state index contributed by atoms with van der Waals surface area (Å²) in [4.78, 5) is 25.6. The molecule has 0 aliphatic carbocycles. The lowest BCUT2D eigenvalue weighted by molar-refractivity contribution is 0.0410. The van der Waals surface area contributed by atoms with Gasteiger partial charge < -0.3 is 20.7 Å². The lowest BCUT2D eigenvalue weighted by Gasteiger charge is -2.35. The lowest BCUT2D eigenvalue weighted by atomic mass is 10.1. The summed E-state index contributed by atoms with van der Waals surface area (Å²) in [6.07, 6.45) is 0.802. The Morgan fingerprint density at radius 1 is 1.22 bits per heavy atom. The Hall–Kier alpha value is -2.18. The Morgan fingerprint density at radius 2 is 2.00 bits per heavy atom. The maximum absolute atomic E-state index is 11.9. The number of nitrogens with two attached hydrogens (primary N) is 1. The van der Waals surface area contributed by atoms with Gasteiger partial charge in [-0.2, -0.15) is 0 Å². The number of nitrogens with one attached hydrogen (secondary N) is 1. The summed E-state index contributed by atoms with van der Waals surface area (Å²) in [6, 6.07) is 10.1. The van der Waals surface area contributed by atoms with E-state index < -0.39 is 10.9 Å². The molecule has 122 valence electrons. The van der Waals surface area contributed by atoms with Gasteiger partial charge in [-0.05, 0) is 5.56 Å². The molecule has 6 nitrogen and oxygen atoms in total. The van der Waals surface area contributed by atoms with Crippen LogP contribution in [0, 0.1) is 0 Å². The van der Waals surface area contributed by atoms with Crippen LogP contribution in [0.25, 0.3) is 0 Å². The zero-order chi connectivity index (χ0) is 16.2. The monoisotopic (exact) mass is 315 g/mol. The third-order valence-electron chi connectivity index (χ3n) is 4.09. The van der Waals surface area contributed by atoms with Gasteiger partial charge in [0.25, 0.3) is 10.9 Å². The molecule has 0 spiro atoms. The number of anilines is 2. The Kier molecular flexibility index (Phi) is 4.73. The van der Waals surface area contributed by atoms with Crippen LogP contribution in [0.15, 0.2) is 39.9 Å². The summed E-state index contributed by atoms with van der Waals surface area (Å²) in [5, 5.41) is 2.96. The van der Waals surface area contributed by atoms with E-state index in [0.29, 0.717) is 44.2 Å². The third kappa shape index (κ3) is 3.28. The molecule has 23 heavy (non-hydrogen) atoms. The molecule has 1 aliphatic rings. The summed E-state index contributed by atoms with van der Waals surface area (Å²) < 4.78 is 5.81. The van der Waals surface area contributed by atoms with E-state index in [2.05, 4.69) is 17.4 Å². The van der Waals surface area contributed by atoms with E-state index in [1.807, 2.05) is 23.1 Å². The van der Waals surface area contributed by atoms with Gasteiger partial charge in [-0.25, -0.2) is 0 Å². The molecular weight excluding hydrogens is 294 g/mol. The topological polar surface area (TPSA) is 84.7 Å². The summed E-state index contributed by atoms with van der Waals surface area (Å²) in [6.45, 7) is 2.67. The van der Waals surface area contributed by atoms with Crippen LogP contribution in [0.1, 0.15) is 5.56 Å². The van der Waals surface area contributed by atoms with E-state index in [1.165, 1.54) is 5.56 Å². The summed E-state index contributed by atoms with van der Waals surface area (Å²) >= 11 is 0. The Labute approximate surface area is 134 Å². The van der Waals surface area contributed by atoms with Crippen LogP contribution < -0.4 is 26.8 Å². The third-order valence-corrected chi connectivity index (χ3v) is 4.09. The van der Waals surface area contributed by atoms with Crippen molar-refractivity contribution in [2.24, 2.45) is 5.73 Å². The first kappa shape index (κ1) is 15.7. The predicted octanol–water partition coefficient (Wildman–Crippen LogP) is 0.101. The second-order valence-corrected chi connectivity index (χ2v) is 5.73. The van der Waals surface area contributed by atoms with Gasteiger partial charge in [-0.15, -0.1) is 0 Å². The minimum Gasteiger partial charge on any atom is -0.379 e. The fraction of sp³-hybridized carbons (Fsp3) is 0.412. The van der Waals surface area contributed by atoms with Crippen LogP contribution in [-0.2, 0) is 11.2 Å². The van der Waals surface area contributed by atoms with Gasteiger partial charge >= 0.3 is 0 Å². The highest BCUT2D eigenvalue weighted by atomic mass is 16.5. The van der Waals surface area contributed by atoms with E-state index >= 15 is 0 Å². The molecule has 1 heterocycles. The summed E-state index contributed by atoms with van der Waals surface area (Å²) in [7, 11) is 0. The van der Waals surface area contributed by atoms with Gasteiger partial charge in [0, 0.05) is 32.6 Å². The van der Waals surface area contributed by atoms with Crippen LogP contribution >= 0.6 is 0 Å². The van der Waals surface area contributed by atoms with Crippen molar-refractivity contribution >= 4 is 11.4 Å². The average Bonchev–Trinajstić information content (AvgIpc) is 2.59. The highest BCUT2D eigenvalue weighted by Gasteiger charge is 2.30. The van der Waals surface area contributed by atoms with Gasteiger partial charge in [-0.1, -0.05) is 30.3 Å². The molecule has 0 amide bonds. The molecular formula is C17H21N3O3. The van der Waals surface area contributed by atoms with Crippen molar-refractivity contribution in [2.75, 3.05) is 43.0 Å². The molecule has 6 heteroatoms. The first-order chi connectivity index (χ1) is 11.2. The number of morpholine rings is 1. The molecule has 1 saturated heterocycles. The molecule has 0 bridgehead atoms. The molecule has 0 aromatic heterocycles. The number of hydrogen-bond donors (Lipinski definition) is 2. The van der Waals surface area contributed by atoms with Crippen molar-refractivity contribution in [1.82, 2.24) is 0 Å². The van der Waals surface area contributed by atoms with Crippen molar-refractivity contribution in [3.63, 3.8) is 0 Å². The highest BCUT2D eigenvalue weighted by Crippen LogP contribution is 2.23. The number of nitrogens with zero attached hydrogens (tertiary/aromatic N) is 1. The number of ether oxygens (including phenoxy) is 1. The van der Waals surface area contributed by atoms with Gasteiger partial charge in [-0.3, -0.25) is 9.59 Å². The smallest absolute Gasteiger partial charge is 0.253 e. The normalized spacial score (nSPS) is 18.3. The second-order valence-electron chi connectivity index (χ2n) is 5.73. The Bertz CT molecular complexity index is 722. The standard InChI is InChI=1S/C17H21N3O3/c18-6-7-19-14-15(17(22)16(14)21)20-8-9-23-13(11-20)10-12-4-2-1-3-5-12/h1-5,13,19H,6-11,18H2.